The minimum absolute atomic E-state index is 0.143. The summed E-state index contributed by atoms with van der Waals surface area (Å²) in [5.74, 6) is 1.52. The Hall–Kier alpha value is -3.48. The third kappa shape index (κ3) is 3.46. The molecule has 4 heterocycles. The lowest BCUT2D eigenvalue weighted by Gasteiger charge is -2.17. The van der Waals surface area contributed by atoms with E-state index in [1.807, 2.05) is 41.6 Å². The second-order valence-electron chi connectivity index (χ2n) is 5.93. The maximum absolute atomic E-state index is 12.2. The molecule has 0 atom stereocenters. The summed E-state index contributed by atoms with van der Waals surface area (Å²) in [7, 11) is 0. The van der Waals surface area contributed by atoms with E-state index < -0.39 is 0 Å². The standard InChI is InChI=1S/C19H17N5O2/c1-13-20-11-17(26-13)15-6-5-14-10-21-18(9-16(14)22-15)23-19(25)12-24-7-3-2-4-8-24/h3-11H,2,12H2,1H3,(H,21,23,25). The summed E-state index contributed by atoms with van der Waals surface area (Å²) in [6.07, 6.45) is 12.0. The minimum atomic E-state index is -0.143. The Morgan fingerprint density at radius 3 is 2.85 bits per heavy atom. The van der Waals surface area contributed by atoms with Crippen LogP contribution in [-0.4, -0.2) is 32.3 Å². The molecule has 0 saturated carbocycles. The molecule has 3 aromatic rings. The van der Waals surface area contributed by atoms with E-state index in [4.69, 9.17) is 4.42 Å². The average molecular weight is 347 g/mol. The van der Waals surface area contributed by atoms with Crippen molar-refractivity contribution in [3.05, 3.63) is 61.0 Å². The van der Waals surface area contributed by atoms with Crippen molar-refractivity contribution in [3.63, 3.8) is 0 Å². The topological polar surface area (TPSA) is 84.2 Å². The molecule has 0 unspecified atom stereocenters. The molecule has 3 aromatic heterocycles. The molecule has 7 nitrogen and oxygen atoms in total. The summed E-state index contributed by atoms with van der Waals surface area (Å²) in [6.45, 7) is 2.02. The van der Waals surface area contributed by atoms with Gasteiger partial charge < -0.3 is 14.6 Å². The molecule has 0 aromatic carbocycles. The fourth-order valence-corrected chi connectivity index (χ4v) is 2.68. The highest BCUT2D eigenvalue weighted by atomic mass is 16.4. The second-order valence-corrected chi connectivity index (χ2v) is 5.93. The van der Waals surface area contributed by atoms with Crippen molar-refractivity contribution in [2.45, 2.75) is 13.3 Å². The number of fused-ring (bicyclic) bond motifs is 1. The first kappa shape index (κ1) is 16.0. The Morgan fingerprint density at radius 2 is 2.08 bits per heavy atom. The molecule has 0 fully saturated rings. The Balaban J connectivity index is 1.54. The van der Waals surface area contributed by atoms with E-state index in [0.717, 1.165) is 17.3 Å². The molecule has 1 amide bonds. The monoisotopic (exact) mass is 347 g/mol. The molecule has 0 saturated heterocycles. The van der Waals surface area contributed by atoms with E-state index >= 15 is 0 Å². The van der Waals surface area contributed by atoms with Crippen LogP contribution in [0, 0.1) is 6.92 Å². The van der Waals surface area contributed by atoms with Gasteiger partial charge in [0.2, 0.25) is 5.91 Å². The maximum Gasteiger partial charge on any atom is 0.245 e. The van der Waals surface area contributed by atoms with E-state index in [2.05, 4.69) is 20.3 Å². The lowest BCUT2D eigenvalue weighted by molar-refractivity contribution is -0.116. The summed E-state index contributed by atoms with van der Waals surface area (Å²) in [6, 6.07) is 5.52. The first-order valence-corrected chi connectivity index (χ1v) is 8.26. The minimum Gasteiger partial charge on any atom is -0.439 e. The Kier molecular flexibility index (Phi) is 4.18. The Bertz CT molecular complexity index is 1010. The molecule has 1 N–H and O–H groups in total. The summed E-state index contributed by atoms with van der Waals surface area (Å²) in [5.41, 5.74) is 1.41. The van der Waals surface area contributed by atoms with Crippen molar-refractivity contribution in [1.29, 1.82) is 0 Å². The molecule has 0 aliphatic carbocycles. The molecular weight excluding hydrogens is 330 g/mol. The zero-order chi connectivity index (χ0) is 17.9. The molecule has 0 bridgehead atoms. The van der Waals surface area contributed by atoms with Crippen LogP contribution in [0.1, 0.15) is 12.3 Å². The highest BCUT2D eigenvalue weighted by Crippen LogP contribution is 2.22. The van der Waals surface area contributed by atoms with Crippen LogP contribution in [0.3, 0.4) is 0 Å². The third-order valence-electron chi connectivity index (χ3n) is 3.91. The van der Waals surface area contributed by atoms with Crippen molar-refractivity contribution < 1.29 is 9.21 Å². The molecule has 26 heavy (non-hydrogen) atoms. The van der Waals surface area contributed by atoms with E-state index in [-0.39, 0.29) is 12.5 Å². The highest BCUT2D eigenvalue weighted by Gasteiger charge is 2.10. The lowest BCUT2D eigenvalue weighted by Crippen LogP contribution is -2.26. The van der Waals surface area contributed by atoms with Crippen molar-refractivity contribution in [1.82, 2.24) is 19.9 Å². The van der Waals surface area contributed by atoms with Gasteiger partial charge in [-0.2, -0.15) is 0 Å². The molecule has 0 radical (unpaired) electrons. The van der Waals surface area contributed by atoms with Crippen molar-refractivity contribution in [2.75, 3.05) is 11.9 Å². The van der Waals surface area contributed by atoms with E-state index in [1.54, 1.807) is 25.4 Å². The summed E-state index contributed by atoms with van der Waals surface area (Å²) in [5, 5.41) is 3.69. The van der Waals surface area contributed by atoms with Crippen LogP contribution in [0.5, 0.6) is 0 Å². The number of oxazole rings is 1. The number of aromatic nitrogens is 3. The van der Waals surface area contributed by atoms with Crippen molar-refractivity contribution in [2.24, 2.45) is 0 Å². The quantitative estimate of drug-likeness (QED) is 0.780. The molecule has 1 aliphatic rings. The first-order chi connectivity index (χ1) is 12.7. The van der Waals surface area contributed by atoms with Crippen LogP contribution in [0.4, 0.5) is 5.82 Å². The van der Waals surface area contributed by atoms with Gasteiger partial charge in [0.1, 0.15) is 18.1 Å². The number of aryl methyl sites for hydroxylation is 1. The van der Waals surface area contributed by atoms with Crippen LogP contribution in [-0.2, 0) is 4.79 Å². The summed E-state index contributed by atoms with van der Waals surface area (Å²) in [4.78, 5) is 27.0. The van der Waals surface area contributed by atoms with Crippen LogP contribution < -0.4 is 5.32 Å². The SMILES string of the molecule is Cc1ncc(-c2ccc3cnc(NC(=O)CN4C=CCC=C4)cc3n2)o1. The average Bonchev–Trinajstić information content (AvgIpc) is 3.08. The van der Waals surface area contributed by atoms with Gasteiger partial charge in [-0.25, -0.2) is 15.0 Å². The van der Waals surface area contributed by atoms with E-state index in [0.29, 0.717) is 23.2 Å². The number of amides is 1. The predicted octanol–water partition coefficient (Wildman–Crippen LogP) is 3.26. The number of carbonyl (C=O) groups excluding carboxylic acids is 1. The van der Waals surface area contributed by atoms with Gasteiger partial charge in [0.15, 0.2) is 11.7 Å². The molecule has 1 aliphatic heterocycles. The number of allylic oxidation sites excluding steroid dienone is 2. The summed E-state index contributed by atoms with van der Waals surface area (Å²) >= 11 is 0. The number of rotatable bonds is 4. The molecular formula is C19H17N5O2. The number of hydrogen-bond acceptors (Lipinski definition) is 6. The maximum atomic E-state index is 12.2. The van der Waals surface area contributed by atoms with Crippen LogP contribution in [0.15, 0.2) is 59.6 Å². The van der Waals surface area contributed by atoms with Gasteiger partial charge in [0.25, 0.3) is 0 Å². The molecule has 130 valence electrons. The molecule has 7 heteroatoms. The van der Waals surface area contributed by atoms with Gasteiger partial charge in [-0.15, -0.1) is 0 Å². The smallest absolute Gasteiger partial charge is 0.245 e. The number of anilines is 1. The highest BCUT2D eigenvalue weighted by molar-refractivity contribution is 5.93. The second kappa shape index (κ2) is 6.79. The van der Waals surface area contributed by atoms with Gasteiger partial charge in [0, 0.05) is 37.0 Å². The van der Waals surface area contributed by atoms with Gasteiger partial charge in [-0.1, -0.05) is 12.2 Å². The number of pyridine rings is 2. The number of carbonyl (C=O) groups is 1. The Labute approximate surface area is 150 Å². The zero-order valence-electron chi connectivity index (χ0n) is 14.2. The van der Waals surface area contributed by atoms with Gasteiger partial charge in [0.05, 0.1) is 11.7 Å². The van der Waals surface area contributed by atoms with Gasteiger partial charge in [-0.3, -0.25) is 4.79 Å². The normalized spacial score (nSPS) is 13.3. The first-order valence-electron chi connectivity index (χ1n) is 8.26. The van der Waals surface area contributed by atoms with E-state index in [1.165, 1.54) is 0 Å². The third-order valence-corrected chi connectivity index (χ3v) is 3.91. The lowest BCUT2D eigenvalue weighted by atomic mass is 10.2. The zero-order valence-corrected chi connectivity index (χ0v) is 14.2. The summed E-state index contributed by atoms with van der Waals surface area (Å²) < 4.78 is 5.52. The number of nitrogens with one attached hydrogen (secondary N) is 1. The van der Waals surface area contributed by atoms with Crippen molar-refractivity contribution >= 4 is 22.6 Å². The van der Waals surface area contributed by atoms with Gasteiger partial charge in [-0.05, 0) is 18.6 Å². The number of hydrogen-bond donors (Lipinski definition) is 1. The molecule has 4 rings (SSSR count). The van der Waals surface area contributed by atoms with E-state index in [9.17, 15) is 4.79 Å². The molecule has 0 spiro atoms. The fraction of sp³-hybridized carbons (Fsp3) is 0.158. The Morgan fingerprint density at radius 1 is 1.23 bits per heavy atom. The fourth-order valence-electron chi connectivity index (χ4n) is 2.68. The number of nitrogens with zero attached hydrogens (tertiary/aromatic N) is 4. The predicted molar refractivity (Wildman–Crippen MR) is 98.0 cm³/mol. The van der Waals surface area contributed by atoms with Crippen LogP contribution >= 0.6 is 0 Å². The van der Waals surface area contributed by atoms with Crippen molar-refractivity contribution in [3.8, 4) is 11.5 Å². The van der Waals surface area contributed by atoms with Gasteiger partial charge >= 0.3 is 0 Å². The van der Waals surface area contributed by atoms with Crippen LogP contribution in [0.25, 0.3) is 22.4 Å². The largest absolute Gasteiger partial charge is 0.439 e. The van der Waals surface area contributed by atoms with Crippen LogP contribution in [0.2, 0.25) is 0 Å².